The highest BCUT2D eigenvalue weighted by Crippen LogP contribution is 2.31. The number of carbonyl (C=O) groups excluding carboxylic acids is 1. The van der Waals surface area contributed by atoms with Crippen LogP contribution >= 0.6 is 0 Å². The zero-order chi connectivity index (χ0) is 14.1. The maximum Gasteiger partial charge on any atom is 0.284 e. The van der Waals surface area contributed by atoms with Crippen LogP contribution in [0.15, 0.2) is 22.8 Å². The Labute approximate surface area is 115 Å². The van der Waals surface area contributed by atoms with E-state index in [1.165, 1.54) is 0 Å². The fourth-order valence-electron chi connectivity index (χ4n) is 2.38. The van der Waals surface area contributed by atoms with Crippen molar-refractivity contribution in [2.24, 2.45) is 0 Å². The van der Waals surface area contributed by atoms with Crippen molar-refractivity contribution in [3.63, 3.8) is 0 Å². The molecular formula is C13H14N4O3. The van der Waals surface area contributed by atoms with Gasteiger partial charge in [0, 0.05) is 12.2 Å². The molecule has 1 aliphatic heterocycles. The molecule has 0 bridgehead atoms. The minimum atomic E-state index is -0.296. The van der Waals surface area contributed by atoms with Gasteiger partial charge in [-0.2, -0.15) is 0 Å². The Kier molecular flexibility index (Phi) is 3.02. The van der Waals surface area contributed by atoms with Gasteiger partial charge in [-0.1, -0.05) is 0 Å². The summed E-state index contributed by atoms with van der Waals surface area (Å²) in [4.78, 5) is 14.1. The molecule has 0 saturated carbocycles. The average Bonchev–Trinajstić information content (AvgIpc) is 2.91. The third-order valence-electron chi connectivity index (χ3n) is 3.37. The number of benzene rings is 1. The minimum absolute atomic E-state index is 0.00985. The van der Waals surface area contributed by atoms with Gasteiger partial charge in [-0.25, -0.2) is 4.63 Å². The molecule has 3 rings (SSSR count). The van der Waals surface area contributed by atoms with E-state index in [9.17, 15) is 4.79 Å². The molecule has 1 aromatic carbocycles. The van der Waals surface area contributed by atoms with E-state index in [0.29, 0.717) is 6.54 Å². The number of anilines is 2. The highest BCUT2D eigenvalue weighted by atomic mass is 16.6. The lowest BCUT2D eigenvalue weighted by Crippen LogP contribution is -2.36. The summed E-state index contributed by atoms with van der Waals surface area (Å²) in [6, 6.07) is 5.64. The zero-order valence-electron chi connectivity index (χ0n) is 11.0. The maximum atomic E-state index is 12.5. The van der Waals surface area contributed by atoms with E-state index < -0.39 is 0 Å². The van der Waals surface area contributed by atoms with Crippen LogP contribution in [-0.2, 0) is 6.42 Å². The quantitative estimate of drug-likeness (QED) is 0.885. The molecule has 0 atom stereocenters. The van der Waals surface area contributed by atoms with Gasteiger partial charge in [0.2, 0.25) is 11.5 Å². The van der Waals surface area contributed by atoms with Crippen LogP contribution in [0, 0.1) is 0 Å². The van der Waals surface area contributed by atoms with Crippen molar-refractivity contribution in [2.45, 2.75) is 12.8 Å². The van der Waals surface area contributed by atoms with E-state index in [1.54, 1.807) is 12.0 Å². The van der Waals surface area contributed by atoms with Crippen molar-refractivity contribution in [2.75, 3.05) is 24.3 Å². The van der Waals surface area contributed by atoms with Crippen LogP contribution < -0.4 is 15.4 Å². The molecule has 2 aromatic rings. The molecule has 0 unspecified atom stereocenters. The van der Waals surface area contributed by atoms with E-state index in [2.05, 4.69) is 14.9 Å². The van der Waals surface area contributed by atoms with Gasteiger partial charge in [0.15, 0.2) is 0 Å². The van der Waals surface area contributed by atoms with E-state index in [0.717, 1.165) is 29.8 Å². The number of rotatable bonds is 2. The summed E-state index contributed by atoms with van der Waals surface area (Å²) in [5.74, 6) is 0.492. The van der Waals surface area contributed by atoms with Gasteiger partial charge < -0.3 is 15.4 Å². The number of hydrogen-bond acceptors (Lipinski definition) is 6. The van der Waals surface area contributed by atoms with Crippen molar-refractivity contribution in [3.05, 3.63) is 29.5 Å². The molecule has 2 heterocycles. The standard InChI is InChI=1S/C13H14N4O3/c1-19-9-4-5-10-8(7-9)3-2-6-17(10)13(18)11-12(14)16-20-15-11/h4-5,7H,2-3,6H2,1H3,(H2,14,16). The summed E-state index contributed by atoms with van der Waals surface area (Å²) in [6.07, 6.45) is 1.78. The Bertz CT molecular complexity index is 653. The van der Waals surface area contributed by atoms with Crippen LogP contribution in [0.4, 0.5) is 11.5 Å². The molecule has 0 fully saturated rings. The van der Waals surface area contributed by atoms with Gasteiger partial charge in [0.05, 0.1) is 7.11 Å². The summed E-state index contributed by atoms with van der Waals surface area (Å²) in [6.45, 7) is 0.616. The maximum absolute atomic E-state index is 12.5. The average molecular weight is 274 g/mol. The number of nitrogens with two attached hydrogens (primary N) is 1. The van der Waals surface area contributed by atoms with Crippen LogP contribution in [0.5, 0.6) is 5.75 Å². The lowest BCUT2D eigenvalue weighted by molar-refractivity contribution is 0.0976. The lowest BCUT2D eigenvalue weighted by atomic mass is 10.0. The topological polar surface area (TPSA) is 94.5 Å². The molecule has 104 valence electrons. The second-order valence-corrected chi connectivity index (χ2v) is 4.55. The van der Waals surface area contributed by atoms with E-state index in [-0.39, 0.29) is 17.4 Å². The van der Waals surface area contributed by atoms with Gasteiger partial charge in [0.1, 0.15) is 5.75 Å². The van der Waals surface area contributed by atoms with Crippen LogP contribution in [0.1, 0.15) is 22.5 Å². The molecule has 1 amide bonds. The minimum Gasteiger partial charge on any atom is -0.497 e. The van der Waals surface area contributed by atoms with Crippen LogP contribution in [-0.4, -0.2) is 29.9 Å². The van der Waals surface area contributed by atoms with E-state index in [4.69, 9.17) is 10.5 Å². The third kappa shape index (κ3) is 1.97. The Hall–Kier alpha value is -2.57. The van der Waals surface area contributed by atoms with Crippen molar-refractivity contribution >= 4 is 17.4 Å². The lowest BCUT2D eigenvalue weighted by Gasteiger charge is -2.29. The summed E-state index contributed by atoms with van der Waals surface area (Å²) >= 11 is 0. The van der Waals surface area contributed by atoms with Crippen molar-refractivity contribution in [3.8, 4) is 5.75 Å². The molecular weight excluding hydrogens is 260 g/mol. The first kappa shape index (κ1) is 12.5. The molecule has 0 spiro atoms. The summed E-state index contributed by atoms with van der Waals surface area (Å²) in [5.41, 5.74) is 7.55. The second kappa shape index (κ2) is 4.84. The number of hydrogen-bond donors (Lipinski definition) is 1. The Morgan fingerprint density at radius 1 is 1.45 bits per heavy atom. The molecule has 1 aliphatic rings. The molecule has 2 N–H and O–H groups in total. The Morgan fingerprint density at radius 3 is 3.00 bits per heavy atom. The first-order valence-electron chi connectivity index (χ1n) is 6.27. The summed E-state index contributed by atoms with van der Waals surface area (Å²) in [7, 11) is 1.62. The number of nitrogens with zero attached hydrogens (tertiary/aromatic N) is 3. The normalized spacial score (nSPS) is 13.9. The van der Waals surface area contributed by atoms with Gasteiger partial charge in [-0.05, 0) is 46.9 Å². The SMILES string of the molecule is COc1ccc2c(c1)CCCN2C(=O)c1nonc1N. The Morgan fingerprint density at radius 2 is 2.30 bits per heavy atom. The van der Waals surface area contributed by atoms with Crippen LogP contribution in [0.3, 0.4) is 0 Å². The highest BCUT2D eigenvalue weighted by molar-refractivity contribution is 6.07. The number of methoxy groups -OCH3 is 1. The summed E-state index contributed by atoms with van der Waals surface area (Å²) in [5, 5.41) is 7.01. The number of carbonyl (C=O) groups is 1. The van der Waals surface area contributed by atoms with Crippen LogP contribution in [0.2, 0.25) is 0 Å². The first-order valence-corrected chi connectivity index (χ1v) is 6.27. The smallest absolute Gasteiger partial charge is 0.284 e. The fraction of sp³-hybridized carbons (Fsp3) is 0.308. The number of aryl methyl sites for hydroxylation is 1. The largest absolute Gasteiger partial charge is 0.497 e. The molecule has 0 aliphatic carbocycles. The first-order chi connectivity index (χ1) is 9.70. The van der Waals surface area contributed by atoms with Crippen molar-refractivity contribution in [1.29, 1.82) is 0 Å². The predicted octanol–water partition coefficient (Wildman–Crippen LogP) is 1.25. The highest BCUT2D eigenvalue weighted by Gasteiger charge is 2.28. The second-order valence-electron chi connectivity index (χ2n) is 4.55. The van der Waals surface area contributed by atoms with Gasteiger partial charge in [-0.15, -0.1) is 0 Å². The molecule has 0 saturated heterocycles. The molecule has 7 nitrogen and oxygen atoms in total. The Balaban J connectivity index is 1.98. The number of ether oxygens (including phenoxy) is 1. The summed E-state index contributed by atoms with van der Waals surface area (Å²) < 4.78 is 9.70. The fourth-order valence-corrected chi connectivity index (χ4v) is 2.38. The number of amides is 1. The number of fused-ring (bicyclic) bond motifs is 1. The van der Waals surface area contributed by atoms with E-state index >= 15 is 0 Å². The molecule has 20 heavy (non-hydrogen) atoms. The van der Waals surface area contributed by atoms with Gasteiger partial charge in [-0.3, -0.25) is 4.79 Å². The molecule has 7 heteroatoms. The zero-order valence-corrected chi connectivity index (χ0v) is 11.0. The van der Waals surface area contributed by atoms with Crippen molar-refractivity contribution < 1.29 is 14.2 Å². The molecule has 1 aromatic heterocycles. The van der Waals surface area contributed by atoms with Gasteiger partial charge >= 0.3 is 0 Å². The number of aromatic nitrogens is 2. The number of nitrogen functional groups attached to an aromatic ring is 1. The van der Waals surface area contributed by atoms with Crippen LogP contribution in [0.25, 0.3) is 0 Å². The third-order valence-corrected chi connectivity index (χ3v) is 3.37. The predicted molar refractivity (Wildman–Crippen MR) is 71.7 cm³/mol. The molecule has 0 radical (unpaired) electrons. The monoisotopic (exact) mass is 274 g/mol. The van der Waals surface area contributed by atoms with Crippen molar-refractivity contribution in [1.82, 2.24) is 10.3 Å². The van der Waals surface area contributed by atoms with Gasteiger partial charge in [0.25, 0.3) is 5.91 Å². The van der Waals surface area contributed by atoms with E-state index in [1.807, 2.05) is 18.2 Å².